The van der Waals surface area contributed by atoms with Gasteiger partial charge in [0.2, 0.25) is 11.8 Å². The Bertz CT molecular complexity index is 896. The molecule has 1 aliphatic heterocycles. The largest absolute Gasteiger partial charge is 0.369 e. The van der Waals surface area contributed by atoms with Gasteiger partial charge < -0.3 is 16.2 Å². The number of carbonyl (C=O) groups excluding carboxylic acids is 2. The molecule has 0 radical (unpaired) electrons. The van der Waals surface area contributed by atoms with Crippen LogP contribution in [0, 0.1) is 23.2 Å². The van der Waals surface area contributed by atoms with E-state index >= 15 is 0 Å². The van der Waals surface area contributed by atoms with Crippen molar-refractivity contribution in [3.05, 3.63) is 70.2 Å². The van der Waals surface area contributed by atoms with E-state index in [9.17, 15) is 20.0 Å². The van der Waals surface area contributed by atoms with Gasteiger partial charge in [-0.1, -0.05) is 58.4 Å². The number of piperidine rings is 1. The zero-order valence-corrected chi connectivity index (χ0v) is 15.2. The summed E-state index contributed by atoms with van der Waals surface area (Å²) < 4.78 is 0.726. The Morgan fingerprint density at radius 3 is 2.50 bits per heavy atom. The molecule has 132 valence electrons. The molecule has 0 aliphatic carbocycles. The number of hydrogen-bond acceptors (Lipinski definition) is 4. The molecule has 1 aliphatic rings. The van der Waals surface area contributed by atoms with Gasteiger partial charge in [0.15, 0.2) is 5.72 Å². The van der Waals surface area contributed by atoms with Gasteiger partial charge in [-0.05, 0) is 17.7 Å². The molecule has 1 heterocycles. The Morgan fingerprint density at radius 1 is 1.23 bits per heavy atom. The summed E-state index contributed by atoms with van der Waals surface area (Å²) in [6.07, 6.45) is 0. The van der Waals surface area contributed by atoms with Gasteiger partial charge in [0.1, 0.15) is 11.8 Å². The molecule has 6 nitrogen and oxygen atoms in total. The maximum Gasteiger partial charge on any atom is 0.235 e. The van der Waals surface area contributed by atoms with Crippen LogP contribution in [0.25, 0.3) is 0 Å². The van der Waals surface area contributed by atoms with E-state index in [2.05, 4.69) is 27.3 Å². The van der Waals surface area contributed by atoms with Crippen molar-refractivity contribution in [2.45, 2.75) is 11.6 Å². The van der Waals surface area contributed by atoms with Crippen LogP contribution < -0.4 is 11.1 Å². The fourth-order valence-electron chi connectivity index (χ4n) is 3.48. The Labute approximate surface area is 158 Å². The first-order valence-corrected chi connectivity index (χ1v) is 8.72. The Balaban J connectivity index is 2.20. The van der Waals surface area contributed by atoms with E-state index in [1.54, 1.807) is 54.6 Å². The van der Waals surface area contributed by atoms with Crippen LogP contribution in [0.2, 0.25) is 0 Å². The number of amides is 2. The molecule has 2 aromatic rings. The molecule has 0 bridgehead atoms. The zero-order valence-electron chi connectivity index (χ0n) is 13.6. The van der Waals surface area contributed by atoms with Crippen molar-refractivity contribution in [1.29, 1.82) is 5.26 Å². The number of primary amides is 1. The van der Waals surface area contributed by atoms with E-state index in [1.165, 1.54) is 0 Å². The van der Waals surface area contributed by atoms with Gasteiger partial charge in [-0.25, -0.2) is 0 Å². The highest BCUT2D eigenvalue weighted by molar-refractivity contribution is 9.10. The van der Waals surface area contributed by atoms with Crippen LogP contribution in [-0.4, -0.2) is 16.9 Å². The van der Waals surface area contributed by atoms with E-state index in [-0.39, 0.29) is 0 Å². The molecule has 0 spiro atoms. The van der Waals surface area contributed by atoms with Gasteiger partial charge in [-0.15, -0.1) is 0 Å². The summed E-state index contributed by atoms with van der Waals surface area (Å²) in [7, 11) is 0. The highest BCUT2D eigenvalue weighted by atomic mass is 79.9. The molecule has 0 aromatic heterocycles. The average molecular weight is 414 g/mol. The number of carbonyl (C=O) groups is 2. The van der Waals surface area contributed by atoms with E-state index in [1.807, 2.05) is 0 Å². The lowest BCUT2D eigenvalue weighted by Gasteiger charge is -2.44. The third kappa shape index (κ3) is 2.98. The Kier molecular flexibility index (Phi) is 4.81. The second-order valence-electron chi connectivity index (χ2n) is 6.19. The van der Waals surface area contributed by atoms with Gasteiger partial charge in [0.05, 0.1) is 6.07 Å². The van der Waals surface area contributed by atoms with Crippen LogP contribution in [-0.2, 0) is 15.3 Å². The van der Waals surface area contributed by atoms with Crippen molar-refractivity contribution < 1.29 is 14.7 Å². The van der Waals surface area contributed by atoms with Crippen LogP contribution in [0.3, 0.4) is 0 Å². The van der Waals surface area contributed by atoms with Gasteiger partial charge in [0, 0.05) is 16.0 Å². The molecule has 0 unspecified atom stereocenters. The SMILES string of the molecule is N#C[C@@H]1[C@H](c2cccc(Br)c2)[C@@H](C(N)=O)C(=O)N[C@@]1(O)c1ccccc1. The van der Waals surface area contributed by atoms with Crippen LogP contribution in [0.15, 0.2) is 59.1 Å². The maximum absolute atomic E-state index is 12.7. The third-order valence-electron chi connectivity index (χ3n) is 4.66. The fourth-order valence-corrected chi connectivity index (χ4v) is 3.90. The Morgan fingerprint density at radius 2 is 1.92 bits per heavy atom. The number of nitrogens with one attached hydrogen (secondary N) is 1. The van der Waals surface area contributed by atoms with E-state index in [0.717, 1.165) is 4.47 Å². The van der Waals surface area contributed by atoms with E-state index in [0.29, 0.717) is 11.1 Å². The predicted molar refractivity (Wildman–Crippen MR) is 97.2 cm³/mol. The lowest BCUT2D eigenvalue weighted by molar-refractivity contribution is -0.153. The summed E-state index contributed by atoms with van der Waals surface area (Å²) in [5.74, 6) is -4.83. The monoisotopic (exact) mass is 413 g/mol. The molecule has 26 heavy (non-hydrogen) atoms. The summed E-state index contributed by atoms with van der Waals surface area (Å²) in [5.41, 5.74) is 4.46. The number of rotatable bonds is 3. The quantitative estimate of drug-likeness (QED) is 0.664. The summed E-state index contributed by atoms with van der Waals surface area (Å²) in [6, 6.07) is 17.4. The molecular formula is C19H16BrN3O3. The van der Waals surface area contributed by atoms with Crippen LogP contribution >= 0.6 is 15.9 Å². The second-order valence-corrected chi connectivity index (χ2v) is 7.10. The summed E-state index contributed by atoms with van der Waals surface area (Å²) in [4.78, 5) is 24.7. The number of nitrogens with two attached hydrogens (primary N) is 1. The van der Waals surface area contributed by atoms with Crippen molar-refractivity contribution in [2.24, 2.45) is 17.6 Å². The number of benzene rings is 2. The fraction of sp³-hybridized carbons (Fsp3) is 0.211. The van der Waals surface area contributed by atoms with Gasteiger partial charge in [-0.3, -0.25) is 9.59 Å². The number of nitriles is 1. The van der Waals surface area contributed by atoms with Crippen molar-refractivity contribution in [3.8, 4) is 6.07 Å². The molecule has 1 saturated heterocycles. The van der Waals surface area contributed by atoms with E-state index in [4.69, 9.17) is 5.73 Å². The van der Waals surface area contributed by atoms with Crippen molar-refractivity contribution >= 4 is 27.7 Å². The Hall–Kier alpha value is -2.69. The van der Waals surface area contributed by atoms with E-state index < -0.39 is 35.3 Å². The van der Waals surface area contributed by atoms with Crippen molar-refractivity contribution in [2.75, 3.05) is 0 Å². The summed E-state index contributed by atoms with van der Waals surface area (Å²) in [5, 5.41) is 23.5. The number of hydrogen-bond donors (Lipinski definition) is 3. The molecule has 7 heteroatoms. The predicted octanol–water partition coefficient (Wildman–Crippen LogP) is 1.75. The molecular weight excluding hydrogens is 398 g/mol. The van der Waals surface area contributed by atoms with Gasteiger partial charge in [-0.2, -0.15) is 5.26 Å². The number of halogens is 1. The van der Waals surface area contributed by atoms with Crippen LogP contribution in [0.5, 0.6) is 0 Å². The smallest absolute Gasteiger partial charge is 0.235 e. The molecule has 2 amide bonds. The second kappa shape index (κ2) is 6.90. The first kappa shape index (κ1) is 18.1. The lowest BCUT2D eigenvalue weighted by atomic mass is 9.67. The van der Waals surface area contributed by atoms with Gasteiger partial charge in [0.25, 0.3) is 0 Å². The average Bonchev–Trinajstić information content (AvgIpc) is 2.61. The maximum atomic E-state index is 12.7. The number of aliphatic hydroxyl groups is 1. The normalized spacial score (nSPS) is 28.0. The minimum Gasteiger partial charge on any atom is -0.369 e. The highest BCUT2D eigenvalue weighted by Crippen LogP contribution is 2.45. The molecule has 1 fully saturated rings. The topological polar surface area (TPSA) is 116 Å². The molecule has 4 N–H and O–H groups in total. The lowest BCUT2D eigenvalue weighted by Crippen LogP contribution is -2.62. The number of nitrogens with zero attached hydrogens (tertiary/aromatic N) is 1. The highest BCUT2D eigenvalue weighted by Gasteiger charge is 2.55. The molecule has 0 saturated carbocycles. The molecule has 2 aromatic carbocycles. The first-order chi connectivity index (χ1) is 12.4. The minimum absolute atomic E-state index is 0.364. The molecule has 3 rings (SSSR count). The first-order valence-electron chi connectivity index (χ1n) is 7.93. The molecule has 4 atom stereocenters. The summed E-state index contributed by atoms with van der Waals surface area (Å²) >= 11 is 3.35. The summed E-state index contributed by atoms with van der Waals surface area (Å²) in [6.45, 7) is 0. The van der Waals surface area contributed by atoms with Crippen molar-refractivity contribution in [3.63, 3.8) is 0 Å². The zero-order chi connectivity index (χ0) is 18.9. The van der Waals surface area contributed by atoms with Crippen molar-refractivity contribution in [1.82, 2.24) is 5.32 Å². The van der Waals surface area contributed by atoms with Gasteiger partial charge >= 0.3 is 0 Å². The van der Waals surface area contributed by atoms with Crippen LogP contribution in [0.1, 0.15) is 17.0 Å². The standard InChI is InChI=1S/C19H16BrN3O3/c20-13-8-4-5-11(9-13)15-14(10-21)19(26,12-6-2-1-3-7-12)23-18(25)16(15)17(22)24/h1-9,14-16,26H,(H2,22,24)(H,23,25)/t14-,15+,16+,19-/m1/s1. The van der Waals surface area contributed by atoms with Crippen LogP contribution in [0.4, 0.5) is 0 Å². The third-order valence-corrected chi connectivity index (χ3v) is 5.15. The minimum atomic E-state index is -1.94.